The SMILES string of the molecule is NC1=CC=CC(c2ccccc2)C1. The first kappa shape index (κ1) is 8.11. The van der Waals surface area contributed by atoms with E-state index in [-0.39, 0.29) is 0 Å². The van der Waals surface area contributed by atoms with E-state index in [1.54, 1.807) is 0 Å². The number of hydrogen-bond acceptors (Lipinski definition) is 1. The second kappa shape index (κ2) is 3.48. The maximum Gasteiger partial charge on any atom is 0.00896 e. The lowest BCUT2D eigenvalue weighted by Gasteiger charge is -2.16. The highest BCUT2D eigenvalue weighted by Gasteiger charge is 2.10. The molecule has 1 nitrogen and oxygen atoms in total. The van der Waals surface area contributed by atoms with Gasteiger partial charge in [-0.05, 0) is 18.1 Å². The Kier molecular flexibility index (Phi) is 2.17. The number of allylic oxidation sites excluding steroid dienone is 4. The molecule has 1 aliphatic carbocycles. The van der Waals surface area contributed by atoms with Crippen LogP contribution in [0.1, 0.15) is 17.9 Å². The molecule has 0 saturated carbocycles. The summed E-state index contributed by atoms with van der Waals surface area (Å²) in [5.41, 5.74) is 8.08. The highest BCUT2D eigenvalue weighted by atomic mass is 14.6. The molecule has 1 aromatic carbocycles. The van der Waals surface area contributed by atoms with Crippen LogP contribution in [0.5, 0.6) is 0 Å². The summed E-state index contributed by atoms with van der Waals surface area (Å²) in [5, 5.41) is 0. The van der Waals surface area contributed by atoms with Gasteiger partial charge in [0.05, 0.1) is 0 Å². The Morgan fingerprint density at radius 3 is 2.62 bits per heavy atom. The van der Waals surface area contributed by atoms with Gasteiger partial charge >= 0.3 is 0 Å². The van der Waals surface area contributed by atoms with Gasteiger partial charge in [-0.1, -0.05) is 42.5 Å². The zero-order chi connectivity index (χ0) is 9.10. The average Bonchev–Trinajstić information content (AvgIpc) is 2.19. The lowest BCUT2D eigenvalue weighted by atomic mass is 9.91. The molecule has 0 spiro atoms. The zero-order valence-corrected chi connectivity index (χ0v) is 7.48. The van der Waals surface area contributed by atoms with Crippen molar-refractivity contribution in [2.75, 3.05) is 0 Å². The van der Waals surface area contributed by atoms with Gasteiger partial charge < -0.3 is 5.73 Å². The minimum absolute atomic E-state index is 0.464. The van der Waals surface area contributed by atoms with Crippen LogP contribution in [0.25, 0.3) is 0 Å². The summed E-state index contributed by atoms with van der Waals surface area (Å²) in [6.45, 7) is 0. The monoisotopic (exact) mass is 171 g/mol. The second-order valence-electron chi connectivity index (χ2n) is 3.35. The highest BCUT2D eigenvalue weighted by Crippen LogP contribution is 2.25. The molecule has 0 radical (unpaired) electrons. The van der Waals surface area contributed by atoms with Crippen molar-refractivity contribution in [3.63, 3.8) is 0 Å². The van der Waals surface area contributed by atoms with Crippen molar-refractivity contribution in [2.24, 2.45) is 5.73 Å². The van der Waals surface area contributed by atoms with E-state index in [9.17, 15) is 0 Å². The van der Waals surface area contributed by atoms with Crippen LogP contribution >= 0.6 is 0 Å². The van der Waals surface area contributed by atoms with Crippen LogP contribution in [0, 0.1) is 0 Å². The third-order valence-electron chi connectivity index (χ3n) is 2.34. The molecule has 0 amide bonds. The van der Waals surface area contributed by atoms with Crippen LogP contribution in [-0.4, -0.2) is 0 Å². The van der Waals surface area contributed by atoms with Crippen LogP contribution in [0.2, 0.25) is 0 Å². The molecule has 66 valence electrons. The van der Waals surface area contributed by atoms with E-state index in [4.69, 9.17) is 5.73 Å². The Hall–Kier alpha value is -1.50. The summed E-state index contributed by atoms with van der Waals surface area (Å²) in [6, 6.07) is 10.5. The summed E-state index contributed by atoms with van der Waals surface area (Å²) >= 11 is 0. The van der Waals surface area contributed by atoms with Crippen molar-refractivity contribution in [3.05, 3.63) is 59.8 Å². The molecule has 0 saturated heterocycles. The van der Waals surface area contributed by atoms with Crippen molar-refractivity contribution < 1.29 is 0 Å². The molecule has 1 heteroatoms. The molecule has 0 heterocycles. The largest absolute Gasteiger partial charge is 0.402 e. The Morgan fingerprint density at radius 1 is 1.15 bits per heavy atom. The first-order chi connectivity index (χ1) is 6.36. The summed E-state index contributed by atoms with van der Waals surface area (Å²) in [6.07, 6.45) is 7.15. The van der Waals surface area contributed by atoms with E-state index >= 15 is 0 Å². The molecule has 0 aliphatic heterocycles. The molecule has 1 unspecified atom stereocenters. The zero-order valence-electron chi connectivity index (χ0n) is 7.48. The van der Waals surface area contributed by atoms with Crippen molar-refractivity contribution in [1.29, 1.82) is 0 Å². The lowest BCUT2D eigenvalue weighted by Crippen LogP contribution is -2.06. The molecule has 0 aromatic heterocycles. The number of benzene rings is 1. The number of hydrogen-bond donors (Lipinski definition) is 1. The Balaban J connectivity index is 2.21. The lowest BCUT2D eigenvalue weighted by molar-refractivity contribution is 0.804. The Morgan fingerprint density at radius 2 is 1.92 bits per heavy atom. The quantitative estimate of drug-likeness (QED) is 0.690. The normalized spacial score (nSPS) is 21.2. The van der Waals surface area contributed by atoms with E-state index in [0.29, 0.717) is 5.92 Å². The molecule has 1 aliphatic rings. The standard InChI is InChI=1S/C12H13N/c13-12-8-4-7-11(9-12)10-5-2-1-3-6-10/h1-8,11H,9,13H2. The van der Waals surface area contributed by atoms with Gasteiger partial charge in [0.2, 0.25) is 0 Å². The van der Waals surface area contributed by atoms with Gasteiger partial charge in [-0.15, -0.1) is 0 Å². The molecule has 0 bridgehead atoms. The fourth-order valence-electron chi connectivity index (χ4n) is 1.63. The summed E-state index contributed by atoms with van der Waals surface area (Å²) < 4.78 is 0. The third-order valence-corrected chi connectivity index (χ3v) is 2.34. The molecule has 2 rings (SSSR count). The molecule has 2 N–H and O–H groups in total. The van der Waals surface area contributed by atoms with Crippen LogP contribution in [0.3, 0.4) is 0 Å². The van der Waals surface area contributed by atoms with Gasteiger partial charge in [-0.25, -0.2) is 0 Å². The average molecular weight is 171 g/mol. The first-order valence-corrected chi connectivity index (χ1v) is 4.54. The van der Waals surface area contributed by atoms with Crippen molar-refractivity contribution in [1.82, 2.24) is 0 Å². The maximum absolute atomic E-state index is 5.77. The highest BCUT2D eigenvalue weighted by molar-refractivity contribution is 5.30. The van der Waals surface area contributed by atoms with Crippen LogP contribution < -0.4 is 5.73 Å². The minimum Gasteiger partial charge on any atom is -0.402 e. The Bertz CT molecular complexity index is 335. The number of rotatable bonds is 1. The molecular formula is C12H13N. The molecule has 13 heavy (non-hydrogen) atoms. The van der Waals surface area contributed by atoms with Gasteiger partial charge in [-0.3, -0.25) is 0 Å². The van der Waals surface area contributed by atoms with Crippen molar-refractivity contribution in [2.45, 2.75) is 12.3 Å². The van der Waals surface area contributed by atoms with E-state index in [1.807, 2.05) is 18.2 Å². The van der Waals surface area contributed by atoms with Crippen LogP contribution in [0.15, 0.2) is 54.3 Å². The van der Waals surface area contributed by atoms with E-state index < -0.39 is 0 Å². The molecule has 1 aromatic rings. The Labute approximate surface area is 78.6 Å². The topological polar surface area (TPSA) is 26.0 Å². The molecule has 0 fully saturated rings. The summed E-state index contributed by atoms with van der Waals surface area (Å²) in [7, 11) is 0. The fourth-order valence-corrected chi connectivity index (χ4v) is 1.63. The van der Waals surface area contributed by atoms with Crippen LogP contribution in [-0.2, 0) is 0 Å². The van der Waals surface area contributed by atoms with E-state index in [0.717, 1.165) is 12.1 Å². The van der Waals surface area contributed by atoms with Gasteiger partial charge in [0, 0.05) is 11.6 Å². The van der Waals surface area contributed by atoms with E-state index in [2.05, 4.69) is 30.3 Å². The summed E-state index contributed by atoms with van der Waals surface area (Å²) in [4.78, 5) is 0. The second-order valence-corrected chi connectivity index (χ2v) is 3.35. The van der Waals surface area contributed by atoms with Gasteiger partial charge in [-0.2, -0.15) is 0 Å². The fraction of sp³-hybridized carbons (Fsp3) is 0.167. The summed E-state index contributed by atoms with van der Waals surface area (Å²) in [5.74, 6) is 0.464. The van der Waals surface area contributed by atoms with Crippen molar-refractivity contribution >= 4 is 0 Å². The smallest absolute Gasteiger partial charge is 0.00896 e. The molecular weight excluding hydrogens is 158 g/mol. The van der Waals surface area contributed by atoms with Gasteiger partial charge in [0.15, 0.2) is 0 Å². The minimum atomic E-state index is 0.464. The first-order valence-electron chi connectivity index (χ1n) is 4.54. The van der Waals surface area contributed by atoms with E-state index in [1.165, 1.54) is 5.56 Å². The van der Waals surface area contributed by atoms with Crippen LogP contribution in [0.4, 0.5) is 0 Å². The maximum atomic E-state index is 5.77. The van der Waals surface area contributed by atoms with Gasteiger partial charge in [0.25, 0.3) is 0 Å². The van der Waals surface area contributed by atoms with Crippen molar-refractivity contribution in [3.8, 4) is 0 Å². The predicted octanol–water partition coefficient (Wildman–Crippen LogP) is 2.57. The third kappa shape index (κ3) is 1.81. The predicted molar refractivity (Wildman–Crippen MR) is 55.2 cm³/mol. The number of nitrogens with two attached hydrogens (primary N) is 1. The van der Waals surface area contributed by atoms with Gasteiger partial charge in [0.1, 0.15) is 0 Å². The molecule has 1 atom stereocenters.